The Hall–Kier alpha value is -2.57. The molecule has 0 bridgehead atoms. The highest BCUT2D eigenvalue weighted by atomic mass is 35.5. The van der Waals surface area contributed by atoms with Crippen LogP contribution in [0.1, 0.15) is 35.8 Å². The molecule has 2 atom stereocenters. The molecule has 2 amide bonds. The summed E-state index contributed by atoms with van der Waals surface area (Å²) in [4.78, 5) is 27.5. The zero-order chi connectivity index (χ0) is 22.3. The summed E-state index contributed by atoms with van der Waals surface area (Å²) in [6.07, 6.45) is 0. The van der Waals surface area contributed by atoms with Crippen LogP contribution in [0.25, 0.3) is 0 Å². The number of halogens is 1. The molecule has 0 heterocycles. The lowest BCUT2D eigenvalue weighted by Gasteiger charge is -2.27. The predicted octanol–water partition coefficient (Wildman–Crippen LogP) is 3.52. The molecule has 0 saturated heterocycles. The highest BCUT2D eigenvalue weighted by Gasteiger charge is 2.26. The summed E-state index contributed by atoms with van der Waals surface area (Å²) in [5.41, 5.74) is 1.49. The number of hydrogen-bond donors (Lipinski definition) is 2. The molecule has 0 aliphatic heterocycles. The lowest BCUT2D eigenvalue weighted by molar-refractivity contribution is -0.124. The third-order valence-corrected chi connectivity index (χ3v) is 5.17. The van der Waals surface area contributed by atoms with Crippen molar-refractivity contribution in [1.82, 2.24) is 15.5 Å². The van der Waals surface area contributed by atoms with Crippen molar-refractivity contribution in [2.75, 3.05) is 27.7 Å². The van der Waals surface area contributed by atoms with Gasteiger partial charge in [-0.1, -0.05) is 37.6 Å². The van der Waals surface area contributed by atoms with Crippen molar-refractivity contribution in [2.24, 2.45) is 5.92 Å². The second kappa shape index (κ2) is 11.0. The van der Waals surface area contributed by atoms with Gasteiger partial charge in [0, 0.05) is 17.1 Å². The van der Waals surface area contributed by atoms with Crippen LogP contribution >= 0.6 is 11.6 Å². The molecular weight excluding hydrogens is 402 g/mol. The Labute approximate surface area is 183 Å². The van der Waals surface area contributed by atoms with Crippen LogP contribution in [0.15, 0.2) is 48.5 Å². The molecule has 162 valence electrons. The Morgan fingerprint density at radius 2 is 1.77 bits per heavy atom. The van der Waals surface area contributed by atoms with Crippen LogP contribution in [0.2, 0.25) is 5.02 Å². The molecule has 0 aliphatic rings. The summed E-state index contributed by atoms with van der Waals surface area (Å²) in [5, 5.41) is 6.38. The Bertz CT molecular complexity index is 853. The molecule has 0 aliphatic carbocycles. The van der Waals surface area contributed by atoms with E-state index >= 15 is 0 Å². The molecule has 0 radical (unpaired) electrons. The van der Waals surface area contributed by atoms with E-state index < -0.39 is 6.04 Å². The first-order valence-corrected chi connectivity index (χ1v) is 10.2. The molecule has 6 nitrogen and oxygen atoms in total. The molecule has 2 unspecified atom stereocenters. The maximum atomic E-state index is 12.9. The number of ether oxygens (including phenoxy) is 1. The van der Waals surface area contributed by atoms with E-state index in [1.165, 1.54) is 0 Å². The third-order valence-electron chi connectivity index (χ3n) is 4.91. The van der Waals surface area contributed by atoms with Gasteiger partial charge in [0.25, 0.3) is 5.91 Å². The molecule has 2 N–H and O–H groups in total. The predicted molar refractivity (Wildman–Crippen MR) is 120 cm³/mol. The van der Waals surface area contributed by atoms with E-state index in [0.29, 0.717) is 17.1 Å². The normalized spacial score (nSPS) is 13.1. The van der Waals surface area contributed by atoms with Crippen molar-refractivity contribution in [2.45, 2.75) is 25.9 Å². The topological polar surface area (TPSA) is 70.7 Å². The van der Waals surface area contributed by atoms with Crippen LogP contribution in [-0.2, 0) is 4.79 Å². The lowest BCUT2D eigenvalue weighted by Crippen LogP contribution is -2.51. The first kappa shape index (κ1) is 23.7. The van der Waals surface area contributed by atoms with Crippen LogP contribution in [0, 0.1) is 5.92 Å². The van der Waals surface area contributed by atoms with Gasteiger partial charge in [0.2, 0.25) is 5.91 Å². The van der Waals surface area contributed by atoms with Gasteiger partial charge in [0.1, 0.15) is 11.8 Å². The maximum Gasteiger partial charge on any atom is 0.251 e. The van der Waals surface area contributed by atoms with E-state index in [0.717, 1.165) is 11.3 Å². The Kier molecular flexibility index (Phi) is 8.69. The fraction of sp³-hybridized carbons (Fsp3) is 0.391. The average molecular weight is 432 g/mol. The number of hydrogen-bond acceptors (Lipinski definition) is 4. The minimum absolute atomic E-state index is 0.0381. The van der Waals surface area contributed by atoms with E-state index in [9.17, 15) is 9.59 Å². The van der Waals surface area contributed by atoms with E-state index in [1.807, 2.05) is 57.1 Å². The molecule has 2 rings (SSSR count). The van der Waals surface area contributed by atoms with Gasteiger partial charge < -0.3 is 20.3 Å². The number of methoxy groups -OCH3 is 1. The number of nitrogens with one attached hydrogen (secondary N) is 2. The maximum absolute atomic E-state index is 12.9. The SMILES string of the molecule is COc1cccc(C(CNC(=O)C(NC(=O)c2ccc(Cl)cc2)C(C)C)N(C)C)c1. The van der Waals surface area contributed by atoms with Crippen LogP contribution < -0.4 is 15.4 Å². The number of likely N-dealkylation sites (N-methyl/N-ethyl adjacent to an activating group) is 1. The monoisotopic (exact) mass is 431 g/mol. The number of amides is 2. The van der Waals surface area contributed by atoms with Crippen LogP contribution in [0.5, 0.6) is 5.75 Å². The molecule has 0 saturated carbocycles. The van der Waals surface area contributed by atoms with Crippen LogP contribution in [0.4, 0.5) is 0 Å². The van der Waals surface area contributed by atoms with Gasteiger partial charge in [-0.3, -0.25) is 9.59 Å². The zero-order valence-corrected chi connectivity index (χ0v) is 18.9. The fourth-order valence-corrected chi connectivity index (χ4v) is 3.24. The zero-order valence-electron chi connectivity index (χ0n) is 18.1. The van der Waals surface area contributed by atoms with Gasteiger partial charge in [-0.15, -0.1) is 0 Å². The minimum atomic E-state index is -0.652. The summed E-state index contributed by atoms with van der Waals surface area (Å²) in [7, 11) is 5.54. The highest BCUT2D eigenvalue weighted by Crippen LogP contribution is 2.22. The molecule has 0 aromatic heterocycles. The smallest absolute Gasteiger partial charge is 0.251 e. The number of carbonyl (C=O) groups is 2. The van der Waals surface area contributed by atoms with Crippen molar-refractivity contribution < 1.29 is 14.3 Å². The molecule has 7 heteroatoms. The van der Waals surface area contributed by atoms with Gasteiger partial charge >= 0.3 is 0 Å². The van der Waals surface area contributed by atoms with Crippen molar-refractivity contribution in [3.8, 4) is 5.75 Å². The molecule has 30 heavy (non-hydrogen) atoms. The Morgan fingerprint density at radius 3 is 2.33 bits per heavy atom. The lowest BCUT2D eigenvalue weighted by atomic mass is 10.0. The second-order valence-corrected chi connectivity index (χ2v) is 8.14. The molecule has 2 aromatic rings. The van der Waals surface area contributed by atoms with Gasteiger partial charge in [-0.2, -0.15) is 0 Å². The van der Waals surface area contributed by atoms with Gasteiger partial charge in [0.05, 0.1) is 13.2 Å². The third kappa shape index (κ3) is 6.47. The molecule has 2 aromatic carbocycles. The van der Waals surface area contributed by atoms with E-state index in [-0.39, 0.29) is 23.8 Å². The van der Waals surface area contributed by atoms with Crippen molar-refractivity contribution in [1.29, 1.82) is 0 Å². The number of nitrogens with zero attached hydrogens (tertiary/aromatic N) is 1. The Balaban J connectivity index is 2.07. The summed E-state index contributed by atoms with van der Waals surface area (Å²) in [6, 6.07) is 13.7. The first-order chi connectivity index (χ1) is 14.2. The first-order valence-electron chi connectivity index (χ1n) is 9.87. The van der Waals surface area contributed by atoms with Gasteiger partial charge in [0.15, 0.2) is 0 Å². The quantitative estimate of drug-likeness (QED) is 0.637. The number of benzene rings is 2. The van der Waals surface area contributed by atoms with Crippen molar-refractivity contribution >= 4 is 23.4 Å². The van der Waals surface area contributed by atoms with Gasteiger partial charge in [-0.25, -0.2) is 0 Å². The van der Waals surface area contributed by atoms with Crippen LogP contribution in [-0.4, -0.2) is 50.5 Å². The van der Waals surface area contributed by atoms with E-state index in [2.05, 4.69) is 10.6 Å². The Morgan fingerprint density at radius 1 is 1.10 bits per heavy atom. The summed E-state index contributed by atoms with van der Waals surface area (Å²) in [6.45, 7) is 4.20. The van der Waals surface area contributed by atoms with E-state index in [4.69, 9.17) is 16.3 Å². The average Bonchev–Trinajstić information content (AvgIpc) is 2.72. The summed E-state index contributed by atoms with van der Waals surface area (Å²) in [5.74, 6) is 0.163. The largest absolute Gasteiger partial charge is 0.497 e. The second-order valence-electron chi connectivity index (χ2n) is 7.70. The highest BCUT2D eigenvalue weighted by molar-refractivity contribution is 6.30. The van der Waals surface area contributed by atoms with E-state index in [1.54, 1.807) is 31.4 Å². The summed E-state index contributed by atoms with van der Waals surface area (Å²) < 4.78 is 5.31. The number of rotatable bonds is 9. The van der Waals surface area contributed by atoms with Crippen LogP contribution in [0.3, 0.4) is 0 Å². The fourth-order valence-electron chi connectivity index (χ4n) is 3.12. The molecule has 0 fully saturated rings. The van der Waals surface area contributed by atoms with Gasteiger partial charge in [-0.05, 0) is 62.0 Å². The molecular formula is C23H30ClN3O3. The standard InChI is InChI=1S/C23H30ClN3O3/c1-15(2)21(26-22(28)16-9-11-18(24)12-10-16)23(29)25-14-20(27(3)4)17-7-6-8-19(13-17)30-5/h6-13,15,20-21H,14H2,1-5H3,(H,25,29)(H,26,28). The van der Waals surface area contributed by atoms with Crippen molar-refractivity contribution in [3.05, 3.63) is 64.7 Å². The minimum Gasteiger partial charge on any atom is -0.497 e. The van der Waals surface area contributed by atoms with Crippen molar-refractivity contribution in [3.63, 3.8) is 0 Å². The summed E-state index contributed by atoms with van der Waals surface area (Å²) >= 11 is 5.88. The molecule has 0 spiro atoms. The number of carbonyl (C=O) groups excluding carboxylic acids is 2.